The van der Waals surface area contributed by atoms with E-state index in [0.29, 0.717) is 23.4 Å². The highest BCUT2D eigenvalue weighted by Crippen LogP contribution is 2.44. The minimum atomic E-state index is -0.774. The topological polar surface area (TPSA) is 66.8 Å². The molecule has 0 radical (unpaired) electrons. The number of methoxy groups -OCH3 is 1. The van der Waals surface area contributed by atoms with Gasteiger partial charge in [-0.3, -0.25) is 14.5 Å². The van der Waals surface area contributed by atoms with Crippen LogP contribution < -0.4 is 9.64 Å². The molecule has 3 aromatic rings. The first-order valence-electron chi connectivity index (χ1n) is 11.1. The maximum Gasteiger partial charge on any atom is 0.294 e. The Morgan fingerprint density at radius 2 is 1.61 bits per heavy atom. The number of hydrogen-bond donors (Lipinski definition) is 1. The zero-order valence-electron chi connectivity index (χ0n) is 18.8. The van der Waals surface area contributed by atoms with Gasteiger partial charge in [0.1, 0.15) is 5.75 Å². The number of rotatable bonds is 8. The number of para-hydroxylation sites is 1. The van der Waals surface area contributed by atoms with Crippen LogP contribution in [0.5, 0.6) is 5.75 Å². The molecule has 0 saturated heterocycles. The average molecular weight is 442 g/mol. The van der Waals surface area contributed by atoms with Gasteiger partial charge < -0.3 is 9.84 Å². The summed E-state index contributed by atoms with van der Waals surface area (Å²) >= 11 is 0. The fraction of sp³-hybridized carbons (Fsp3) is 0.214. The Morgan fingerprint density at radius 3 is 2.27 bits per heavy atom. The summed E-state index contributed by atoms with van der Waals surface area (Å²) in [7, 11) is 1.55. The quantitative estimate of drug-likeness (QED) is 0.511. The first-order chi connectivity index (χ1) is 16.0. The van der Waals surface area contributed by atoms with Gasteiger partial charge >= 0.3 is 0 Å². The zero-order chi connectivity index (χ0) is 23.4. The van der Waals surface area contributed by atoms with Crippen molar-refractivity contribution < 1.29 is 19.4 Å². The van der Waals surface area contributed by atoms with Crippen LogP contribution in [-0.4, -0.2) is 23.9 Å². The lowest BCUT2D eigenvalue weighted by atomic mass is 9.92. The molecule has 1 heterocycles. The van der Waals surface area contributed by atoms with Crippen LogP contribution in [0.2, 0.25) is 0 Å². The lowest BCUT2D eigenvalue weighted by Crippen LogP contribution is -2.31. The summed E-state index contributed by atoms with van der Waals surface area (Å²) in [6.45, 7) is 2.06. The lowest BCUT2D eigenvalue weighted by molar-refractivity contribution is -0.118. The van der Waals surface area contributed by atoms with E-state index < -0.39 is 17.7 Å². The number of amides is 1. The Hall–Kier alpha value is -3.86. The summed E-state index contributed by atoms with van der Waals surface area (Å²) in [5, 5.41) is 10.9. The van der Waals surface area contributed by atoms with Gasteiger partial charge in [0.05, 0.1) is 18.7 Å². The van der Waals surface area contributed by atoms with Crippen LogP contribution in [0.1, 0.15) is 36.1 Å². The summed E-state index contributed by atoms with van der Waals surface area (Å²) in [5.74, 6) is -0.788. The molecule has 0 aliphatic carbocycles. The van der Waals surface area contributed by atoms with Gasteiger partial charge in [0.2, 0.25) is 0 Å². The van der Waals surface area contributed by atoms with E-state index >= 15 is 0 Å². The van der Waals surface area contributed by atoms with Crippen LogP contribution in [0.4, 0.5) is 5.69 Å². The minimum Gasteiger partial charge on any atom is -0.503 e. The third-order valence-electron chi connectivity index (χ3n) is 6.05. The van der Waals surface area contributed by atoms with Crippen LogP contribution in [0.3, 0.4) is 0 Å². The largest absolute Gasteiger partial charge is 0.503 e. The number of nitrogens with zero attached hydrogens (tertiary/aromatic N) is 1. The van der Waals surface area contributed by atoms with Crippen molar-refractivity contribution in [3.63, 3.8) is 0 Å². The molecule has 4 rings (SSSR count). The predicted molar refractivity (Wildman–Crippen MR) is 128 cm³/mol. The first-order valence-corrected chi connectivity index (χ1v) is 11.1. The molecule has 0 fully saturated rings. The molecule has 5 nitrogen and oxygen atoms in total. The summed E-state index contributed by atoms with van der Waals surface area (Å²) in [4.78, 5) is 28.1. The second-order valence-corrected chi connectivity index (χ2v) is 8.01. The number of carbonyl (C=O) groups is 2. The molecule has 0 bridgehead atoms. The third-order valence-corrected chi connectivity index (χ3v) is 6.05. The SMILES string of the molecule is CCc1ccc(N2C(=O)C(O)=C(C(=O)CCc3ccccc3)C2c2ccccc2OC)cc1. The lowest BCUT2D eigenvalue weighted by Gasteiger charge is -2.28. The highest BCUT2D eigenvalue weighted by atomic mass is 16.5. The molecular weight excluding hydrogens is 414 g/mol. The van der Waals surface area contributed by atoms with Crippen LogP contribution in [0, 0.1) is 0 Å². The molecule has 1 amide bonds. The smallest absolute Gasteiger partial charge is 0.294 e. The number of ketones is 1. The van der Waals surface area contributed by atoms with Crippen molar-refractivity contribution in [2.24, 2.45) is 0 Å². The number of aliphatic hydroxyl groups is 1. The second-order valence-electron chi connectivity index (χ2n) is 8.01. The molecule has 0 aromatic heterocycles. The molecule has 33 heavy (non-hydrogen) atoms. The van der Waals surface area contributed by atoms with E-state index in [0.717, 1.165) is 17.5 Å². The van der Waals surface area contributed by atoms with E-state index in [4.69, 9.17) is 4.74 Å². The Kier molecular flexibility index (Phi) is 6.59. The van der Waals surface area contributed by atoms with E-state index in [9.17, 15) is 14.7 Å². The number of aryl methyl sites for hydroxylation is 2. The average Bonchev–Trinajstić information content (AvgIpc) is 3.13. The van der Waals surface area contributed by atoms with Crippen LogP contribution in [-0.2, 0) is 22.4 Å². The van der Waals surface area contributed by atoms with Crippen LogP contribution >= 0.6 is 0 Å². The van der Waals surface area contributed by atoms with Gasteiger partial charge in [-0.2, -0.15) is 0 Å². The molecule has 1 N–H and O–H groups in total. The van der Waals surface area contributed by atoms with E-state index in [1.54, 1.807) is 13.2 Å². The molecule has 1 unspecified atom stereocenters. The zero-order valence-corrected chi connectivity index (χ0v) is 18.8. The number of ether oxygens (including phenoxy) is 1. The Bertz CT molecular complexity index is 1180. The number of carbonyl (C=O) groups excluding carboxylic acids is 2. The third kappa shape index (κ3) is 4.40. The van der Waals surface area contributed by atoms with E-state index in [2.05, 4.69) is 6.92 Å². The van der Waals surface area contributed by atoms with Gasteiger partial charge in [-0.25, -0.2) is 0 Å². The van der Waals surface area contributed by atoms with Crippen molar-refractivity contribution in [2.45, 2.75) is 32.2 Å². The van der Waals surface area contributed by atoms with Crippen molar-refractivity contribution in [1.29, 1.82) is 0 Å². The Balaban J connectivity index is 1.75. The second kappa shape index (κ2) is 9.74. The van der Waals surface area contributed by atoms with Gasteiger partial charge in [-0.15, -0.1) is 0 Å². The maximum atomic E-state index is 13.4. The van der Waals surface area contributed by atoms with Gasteiger partial charge in [-0.1, -0.05) is 67.6 Å². The summed E-state index contributed by atoms with van der Waals surface area (Å²) in [6.07, 6.45) is 1.58. The number of aliphatic hydroxyl groups excluding tert-OH is 1. The Morgan fingerprint density at radius 1 is 0.939 bits per heavy atom. The van der Waals surface area contributed by atoms with Gasteiger partial charge in [0.25, 0.3) is 5.91 Å². The monoisotopic (exact) mass is 441 g/mol. The normalized spacial score (nSPS) is 15.8. The number of benzene rings is 3. The summed E-state index contributed by atoms with van der Waals surface area (Å²) in [5.41, 5.74) is 3.54. The molecule has 5 heteroatoms. The van der Waals surface area contributed by atoms with Crippen molar-refractivity contribution >= 4 is 17.4 Å². The minimum absolute atomic E-state index is 0.111. The molecule has 0 spiro atoms. The van der Waals surface area contributed by atoms with E-state index in [1.807, 2.05) is 72.8 Å². The van der Waals surface area contributed by atoms with Crippen LogP contribution in [0.15, 0.2) is 90.2 Å². The van der Waals surface area contributed by atoms with E-state index in [1.165, 1.54) is 4.90 Å². The molecular formula is C28H27NO4. The predicted octanol–water partition coefficient (Wildman–Crippen LogP) is 5.36. The Labute approximate surface area is 193 Å². The maximum absolute atomic E-state index is 13.4. The molecule has 1 atom stereocenters. The number of Topliss-reactive ketones (excluding diaryl/α,β-unsaturated/α-hetero) is 1. The summed E-state index contributed by atoms with van der Waals surface area (Å²) < 4.78 is 5.55. The van der Waals surface area contributed by atoms with E-state index in [-0.39, 0.29) is 17.8 Å². The highest BCUT2D eigenvalue weighted by Gasteiger charge is 2.45. The molecule has 168 valence electrons. The number of hydrogen-bond acceptors (Lipinski definition) is 4. The van der Waals surface area contributed by atoms with Crippen molar-refractivity contribution in [3.05, 3.63) is 107 Å². The fourth-order valence-electron chi connectivity index (χ4n) is 4.27. The number of anilines is 1. The van der Waals surface area contributed by atoms with Crippen LogP contribution in [0.25, 0.3) is 0 Å². The van der Waals surface area contributed by atoms with Crippen molar-refractivity contribution in [1.82, 2.24) is 0 Å². The standard InChI is InChI=1S/C28H27NO4/c1-3-19-13-16-21(17-14-19)29-26(22-11-7-8-12-24(22)33-2)25(27(31)28(29)32)23(30)18-15-20-9-5-4-6-10-20/h4-14,16-17,26,31H,3,15,18H2,1-2H3. The van der Waals surface area contributed by atoms with Crippen molar-refractivity contribution in [3.8, 4) is 5.75 Å². The van der Waals surface area contributed by atoms with Gasteiger partial charge in [-0.05, 0) is 42.2 Å². The molecule has 1 aliphatic heterocycles. The molecule has 1 aliphatic rings. The molecule has 0 saturated carbocycles. The molecule has 3 aromatic carbocycles. The van der Waals surface area contributed by atoms with Gasteiger partial charge in [0, 0.05) is 17.7 Å². The first kappa shape index (κ1) is 22.3. The van der Waals surface area contributed by atoms with Crippen molar-refractivity contribution in [2.75, 3.05) is 12.0 Å². The fourth-order valence-corrected chi connectivity index (χ4v) is 4.27. The van der Waals surface area contributed by atoms with Gasteiger partial charge in [0.15, 0.2) is 11.5 Å². The summed E-state index contributed by atoms with van der Waals surface area (Å²) in [6, 6.07) is 23.8. The highest BCUT2D eigenvalue weighted by molar-refractivity contribution is 6.16.